The van der Waals surface area contributed by atoms with Crippen LogP contribution in [0.15, 0.2) is 22.1 Å². The van der Waals surface area contributed by atoms with E-state index in [-0.39, 0.29) is 0 Å². The van der Waals surface area contributed by atoms with E-state index < -0.39 is 6.10 Å². The van der Waals surface area contributed by atoms with Crippen molar-refractivity contribution in [1.82, 2.24) is 4.98 Å². The number of nitrogens with zero attached hydrogens (tertiary/aromatic N) is 1. The maximum absolute atomic E-state index is 9.96. The van der Waals surface area contributed by atoms with E-state index in [4.69, 9.17) is 0 Å². The minimum absolute atomic E-state index is 0.429. The summed E-state index contributed by atoms with van der Waals surface area (Å²) in [5.74, 6) is 0. The number of halogens is 1. The fourth-order valence-corrected chi connectivity index (χ4v) is 3.54. The maximum Gasteiger partial charge on any atom is 0.0946 e. The second kappa shape index (κ2) is 4.74. The smallest absolute Gasteiger partial charge is 0.0946 e. The Morgan fingerprint density at radius 1 is 1.60 bits per heavy atom. The lowest BCUT2D eigenvalue weighted by atomic mass is 10.2. The first-order chi connectivity index (χ1) is 7.15. The Labute approximate surface area is 105 Å². The van der Waals surface area contributed by atoms with E-state index in [1.54, 1.807) is 28.9 Å². The van der Waals surface area contributed by atoms with Crippen molar-refractivity contribution in [3.05, 3.63) is 36.9 Å². The van der Waals surface area contributed by atoms with Crippen LogP contribution in [0.2, 0.25) is 0 Å². The van der Waals surface area contributed by atoms with Crippen LogP contribution in [0.1, 0.15) is 20.9 Å². The summed E-state index contributed by atoms with van der Waals surface area (Å²) >= 11 is 6.61. The van der Waals surface area contributed by atoms with Gasteiger partial charge in [0.25, 0.3) is 0 Å². The molecule has 2 aromatic heterocycles. The second-order valence-corrected chi connectivity index (χ2v) is 6.41. The molecule has 80 valence electrons. The van der Waals surface area contributed by atoms with Crippen molar-refractivity contribution in [3.63, 3.8) is 0 Å². The van der Waals surface area contributed by atoms with Gasteiger partial charge in [-0.15, -0.1) is 22.7 Å². The fourth-order valence-electron chi connectivity index (χ4n) is 1.28. The first-order valence-corrected chi connectivity index (χ1v) is 6.97. The van der Waals surface area contributed by atoms with Gasteiger partial charge in [0, 0.05) is 27.3 Å². The van der Waals surface area contributed by atoms with E-state index in [9.17, 15) is 5.11 Å². The van der Waals surface area contributed by atoms with E-state index in [0.29, 0.717) is 6.42 Å². The zero-order valence-corrected chi connectivity index (χ0v) is 11.3. The average Bonchev–Trinajstić information content (AvgIpc) is 2.75. The molecular formula is C10H10BrNOS2. The van der Waals surface area contributed by atoms with Crippen molar-refractivity contribution in [2.75, 3.05) is 0 Å². The van der Waals surface area contributed by atoms with Gasteiger partial charge in [-0.3, -0.25) is 0 Å². The molecule has 0 spiro atoms. The second-order valence-electron chi connectivity index (χ2n) is 3.23. The number of thiazole rings is 1. The molecule has 2 rings (SSSR count). The van der Waals surface area contributed by atoms with Crippen LogP contribution in [0.25, 0.3) is 0 Å². The Morgan fingerprint density at radius 3 is 2.93 bits per heavy atom. The van der Waals surface area contributed by atoms with Crippen LogP contribution in [-0.2, 0) is 6.42 Å². The largest absolute Gasteiger partial charge is 0.387 e. The van der Waals surface area contributed by atoms with Gasteiger partial charge < -0.3 is 5.11 Å². The Morgan fingerprint density at radius 2 is 2.40 bits per heavy atom. The highest BCUT2D eigenvalue weighted by molar-refractivity contribution is 9.10. The van der Waals surface area contributed by atoms with Gasteiger partial charge in [-0.1, -0.05) is 0 Å². The SMILES string of the molecule is Cc1ncc(C(O)Cc2cc(Br)cs2)s1. The molecule has 0 saturated heterocycles. The van der Waals surface area contributed by atoms with Gasteiger partial charge in [-0.25, -0.2) is 4.98 Å². The predicted octanol–water partition coefficient (Wildman–Crippen LogP) is 3.55. The Balaban J connectivity index is 2.06. The molecule has 0 radical (unpaired) electrons. The summed E-state index contributed by atoms with van der Waals surface area (Å²) in [6.45, 7) is 1.95. The van der Waals surface area contributed by atoms with Gasteiger partial charge in [0.2, 0.25) is 0 Å². The van der Waals surface area contributed by atoms with E-state index in [2.05, 4.69) is 20.9 Å². The quantitative estimate of drug-likeness (QED) is 0.940. The average molecular weight is 304 g/mol. The topological polar surface area (TPSA) is 33.1 Å². The van der Waals surface area contributed by atoms with Gasteiger partial charge in [0.1, 0.15) is 0 Å². The Bertz CT molecular complexity index is 452. The molecule has 1 N–H and O–H groups in total. The third kappa shape index (κ3) is 2.87. The molecule has 0 aliphatic rings. The molecule has 15 heavy (non-hydrogen) atoms. The maximum atomic E-state index is 9.96. The van der Waals surface area contributed by atoms with Crippen molar-refractivity contribution in [2.45, 2.75) is 19.4 Å². The lowest BCUT2D eigenvalue weighted by Crippen LogP contribution is -1.97. The highest BCUT2D eigenvalue weighted by Gasteiger charge is 2.12. The van der Waals surface area contributed by atoms with Crippen LogP contribution >= 0.6 is 38.6 Å². The third-order valence-electron chi connectivity index (χ3n) is 1.98. The number of aromatic nitrogens is 1. The summed E-state index contributed by atoms with van der Waals surface area (Å²) < 4.78 is 1.08. The Hall–Kier alpha value is -0.230. The molecule has 1 unspecified atom stereocenters. The molecule has 0 fully saturated rings. The van der Waals surface area contributed by atoms with Crippen LogP contribution in [-0.4, -0.2) is 10.1 Å². The lowest BCUT2D eigenvalue weighted by Gasteiger charge is -2.04. The van der Waals surface area contributed by atoms with Crippen molar-refractivity contribution < 1.29 is 5.11 Å². The minimum Gasteiger partial charge on any atom is -0.387 e. The monoisotopic (exact) mass is 303 g/mol. The summed E-state index contributed by atoms with van der Waals surface area (Å²) in [4.78, 5) is 6.26. The fraction of sp³-hybridized carbons (Fsp3) is 0.300. The van der Waals surface area contributed by atoms with Gasteiger partial charge >= 0.3 is 0 Å². The van der Waals surface area contributed by atoms with E-state index >= 15 is 0 Å². The van der Waals surface area contributed by atoms with Crippen molar-refractivity contribution in [3.8, 4) is 0 Å². The lowest BCUT2D eigenvalue weighted by molar-refractivity contribution is 0.183. The van der Waals surface area contributed by atoms with E-state index in [1.165, 1.54) is 4.88 Å². The molecule has 2 aromatic rings. The summed E-state index contributed by atoms with van der Waals surface area (Å²) in [7, 11) is 0. The van der Waals surface area contributed by atoms with Gasteiger partial charge in [0.05, 0.1) is 16.0 Å². The molecule has 0 aromatic carbocycles. The summed E-state index contributed by atoms with van der Waals surface area (Å²) in [6.07, 6.45) is 1.99. The normalized spacial score (nSPS) is 13.0. The summed E-state index contributed by atoms with van der Waals surface area (Å²) in [5, 5.41) is 13.0. The molecule has 0 amide bonds. The number of aryl methyl sites for hydroxylation is 1. The predicted molar refractivity (Wildman–Crippen MR) is 67.5 cm³/mol. The molecule has 1 atom stereocenters. The number of aliphatic hydroxyl groups is 1. The van der Waals surface area contributed by atoms with E-state index in [0.717, 1.165) is 14.4 Å². The number of hydrogen-bond acceptors (Lipinski definition) is 4. The molecule has 5 heteroatoms. The highest BCUT2D eigenvalue weighted by Crippen LogP contribution is 2.27. The van der Waals surface area contributed by atoms with Gasteiger partial charge in [-0.05, 0) is 28.9 Å². The van der Waals surface area contributed by atoms with Crippen LogP contribution in [0, 0.1) is 6.92 Å². The summed E-state index contributed by atoms with van der Waals surface area (Å²) in [6, 6.07) is 2.04. The van der Waals surface area contributed by atoms with Gasteiger partial charge in [0.15, 0.2) is 0 Å². The van der Waals surface area contributed by atoms with Crippen LogP contribution in [0.5, 0.6) is 0 Å². The molecule has 2 heterocycles. The number of aliphatic hydroxyl groups excluding tert-OH is 1. The molecule has 0 bridgehead atoms. The Kier molecular flexibility index (Phi) is 3.56. The molecular weight excluding hydrogens is 294 g/mol. The molecule has 0 aliphatic heterocycles. The molecule has 0 aliphatic carbocycles. The number of hydrogen-bond donors (Lipinski definition) is 1. The zero-order chi connectivity index (χ0) is 10.8. The first kappa shape index (κ1) is 11.3. The number of rotatable bonds is 3. The minimum atomic E-state index is -0.429. The zero-order valence-electron chi connectivity index (χ0n) is 8.11. The summed E-state index contributed by atoms with van der Waals surface area (Å²) in [5.41, 5.74) is 0. The molecule has 0 saturated carbocycles. The number of thiophene rings is 1. The van der Waals surface area contributed by atoms with Crippen molar-refractivity contribution in [1.29, 1.82) is 0 Å². The van der Waals surface area contributed by atoms with Crippen molar-refractivity contribution in [2.24, 2.45) is 0 Å². The first-order valence-electron chi connectivity index (χ1n) is 4.48. The third-order valence-corrected chi connectivity index (χ3v) is 4.72. The standard InChI is InChI=1S/C10H10BrNOS2/c1-6-12-4-10(15-6)9(13)3-8-2-7(11)5-14-8/h2,4-5,9,13H,3H2,1H3. The molecule has 2 nitrogen and oxygen atoms in total. The van der Waals surface area contributed by atoms with Crippen LogP contribution < -0.4 is 0 Å². The highest BCUT2D eigenvalue weighted by atomic mass is 79.9. The van der Waals surface area contributed by atoms with Crippen LogP contribution in [0.3, 0.4) is 0 Å². The van der Waals surface area contributed by atoms with E-state index in [1.807, 2.05) is 18.4 Å². The van der Waals surface area contributed by atoms with Crippen molar-refractivity contribution >= 4 is 38.6 Å². The van der Waals surface area contributed by atoms with Crippen LogP contribution in [0.4, 0.5) is 0 Å². The van der Waals surface area contributed by atoms with Gasteiger partial charge in [-0.2, -0.15) is 0 Å².